The molecule has 2 heterocycles. The van der Waals surface area contributed by atoms with Crippen molar-refractivity contribution in [1.82, 2.24) is 9.97 Å². The van der Waals surface area contributed by atoms with E-state index in [2.05, 4.69) is 34.2 Å². The molecule has 2 aromatic heterocycles. The summed E-state index contributed by atoms with van der Waals surface area (Å²) in [6.45, 7) is 0. The summed E-state index contributed by atoms with van der Waals surface area (Å²) in [4.78, 5) is 9.06. The quantitative estimate of drug-likeness (QED) is 0.168. The molecule has 0 amide bonds. The Balaban J connectivity index is 1.66. The van der Waals surface area contributed by atoms with Gasteiger partial charge in [-0.1, -0.05) is 12.1 Å². The van der Waals surface area contributed by atoms with Crippen LogP contribution in [0, 0.1) is 90.6 Å². The highest BCUT2D eigenvalue weighted by Gasteiger charge is 2.38. The molecule has 0 saturated carbocycles. The van der Waals surface area contributed by atoms with E-state index < -0.39 is 0 Å². The molecule has 2 aliphatic carbocycles. The summed E-state index contributed by atoms with van der Waals surface area (Å²) in [6.07, 6.45) is 3.10. The van der Waals surface area contributed by atoms with Crippen molar-refractivity contribution >= 4 is 44.6 Å². The van der Waals surface area contributed by atoms with E-state index in [1.807, 2.05) is 24.3 Å². The van der Waals surface area contributed by atoms with Crippen molar-refractivity contribution in [2.45, 2.75) is 0 Å². The Morgan fingerprint density at radius 1 is 0.407 bits per heavy atom. The van der Waals surface area contributed by atoms with Gasteiger partial charge >= 0.3 is 0 Å². The van der Waals surface area contributed by atoms with Crippen LogP contribution < -0.4 is 0 Å². The van der Waals surface area contributed by atoms with Crippen molar-refractivity contribution in [3.63, 3.8) is 0 Å². The molecule has 0 aliphatic heterocycles. The summed E-state index contributed by atoms with van der Waals surface area (Å²) >= 11 is 0. The first kappa shape index (κ1) is 33.3. The number of fused-ring (bicyclic) bond motifs is 2. The van der Waals surface area contributed by atoms with Gasteiger partial charge in [0.1, 0.15) is 24.3 Å². The Labute approximate surface area is 308 Å². The zero-order chi connectivity index (χ0) is 37.9. The van der Waals surface area contributed by atoms with E-state index in [4.69, 9.17) is 0 Å². The van der Waals surface area contributed by atoms with Crippen molar-refractivity contribution in [3.8, 4) is 48.6 Å². The molecule has 0 fully saturated rings. The zero-order valence-corrected chi connectivity index (χ0v) is 27.7. The Hall–Kier alpha value is -9.16. The van der Waals surface area contributed by atoms with Crippen LogP contribution in [0.5, 0.6) is 0 Å². The molecule has 10 heteroatoms. The van der Waals surface area contributed by atoms with Gasteiger partial charge < -0.3 is 0 Å². The molecule has 54 heavy (non-hydrogen) atoms. The molecular formula is C44H16N10. The van der Waals surface area contributed by atoms with E-state index in [0.717, 1.165) is 0 Å². The van der Waals surface area contributed by atoms with Gasteiger partial charge in [0.15, 0.2) is 0 Å². The lowest BCUT2D eigenvalue weighted by molar-refractivity contribution is 1.28. The number of hydrogen-bond donors (Lipinski definition) is 0. The molecular weight excluding hydrogens is 669 g/mol. The van der Waals surface area contributed by atoms with Crippen LogP contribution >= 0.6 is 0 Å². The van der Waals surface area contributed by atoms with Crippen molar-refractivity contribution in [2.75, 3.05) is 0 Å². The lowest BCUT2D eigenvalue weighted by Crippen LogP contribution is -1.98. The molecule has 0 atom stereocenters. The third-order valence-corrected chi connectivity index (χ3v) is 8.98. The Kier molecular flexibility index (Phi) is 8.41. The second-order valence-corrected chi connectivity index (χ2v) is 11.9. The van der Waals surface area contributed by atoms with Gasteiger partial charge in [0.2, 0.25) is 0 Å². The first-order valence-corrected chi connectivity index (χ1v) is 15.9. The molecule has 0 unspecified atom stereocenters. The lowest BCUT2D eigenvalue weighted by Gasteiger charge is -2.15. The summed E-state index contributed by atoms with van der Waals surface area (Å²) in [5.41, 5.74) is 5.16. The van der Waals surface area contributed by atoms with E-state index in [-0.39, 0.29) is 55.7 Å². The molecule has 0 saturated heterocycles. The number of rotatable bonds is 4. The third kappa shape index (κ3) is 5.31. The van der Waals surface area contributed by atoms with E-state index in [0.29, 0.717) is 55.9 Å². The Morgan fingerprint density at radius 2 is 0.778 bits per heavy atom. The number of aromatic nitrogens is 2. The van der Waals surface area contributed by atoms with E-state index in [1.165, 1.54) is 36.4 Å². The average molecular weight is 685 g/mol. The molecule has 3 aromatic carbocycles. The molecule has 242 valence electrons. The van der Waals surface area contributed by atoms with Gasteiger partial charge in [-0.25, -0.2) is 0 Å². The maximum absolute atomic E-state index is 10.8. The first-order chi connectivity index (χ1) is 26.4. The number of allylic oxidation sites excluding steroid dienone is 8. The molecule has 0 bridgehead atoms. The zero-order valence-electron chi connectivity index (χ0n) is 27.7. The fraction of sp³-hybridized carbons (Fsp3) is 0. The van der Waals surface area contributed by atoms with Crippen LogP contribution in [0.15, 0.2) is 97.3 Å². The highest BCUT2D eigenvalue weighted by Crippen LogP contribution is 2.55. The topological polar surface area (TPSA) is 216 Å². The van der Waals surface area contributed by atoms with Gasteiger partial charge in [-0.15, -0.1) is 0 Å². The maximum atomic E-state index is 10.8. The van der Waals surface area contributed by atoms with Crippen molar-refractivity contribution < 1.29 is 0 Å². The van der Waals surface area contributed by atoms with Crippen LogP contribution in [0.1, 0.15) is 67.0 Å². The van der Waals surface area contributed by atoms with Crippen LogP contribution in [0.3, 0.4) is 0 Å². The van der Waals surface area contributed by atoms with Gasteiger partial charge in [-0.05, 0) is 95.1 Å². The monoisotopic (exact) mass is 684 g/mol. The summed E-state index contributed by atoms with van der Waals surface area (Å²) in [5, 5.41) is 82.3. The van der Waals surface area contributed by atoms with Gasteiger partial charge in [-0.2, -0.15) is 42.1 Å². The normalized spacial score (nSPS) is 14.1. The van der Waals surface area contributed by atoms with Gasteiger partial charge in [0.25, 0.3) is 0 Å². The highest BCUT2D eigenvalue weighted by molar-refractivity contribution is 6.34. The van der Waals surface area contributed by atoms with Crippen molar-refractivity contribution in [1.29, 1.82) is 42.1 Å². The van der Waals surface area contributed by atoms with Crippen LogP contribution in [-0.2, 0) is 0 Å². The summed E-state index contributed by atoms with van der Waals surface area (Å²) < 4.78 is 0. The molecule has 0 spiro atoms. The van der Waals surface area contributed by atoms with Crippen LogP contribution in [-0.4, -0.2) is 9.97 Å². The van der Waals surface area contributed by atoms with E-state index in [9.17, 15) is 42.1 Å². The Morgan fingerprint density at radius 3 is 1.07 bits per heavy atom. The van der Waals surface area contributed by atoms with Crippen molar-refractivity contribution in [3.05, 3.63) is 164 Å². The van der Waals surface area contributed by atoms with E-state index >= 15 is 0 Å². The summed E-state index contributed by atoms with van der Waals surface area (Å²) in [5.74, 6) is 0. The molecule has 2 aliphatic rings. The van der Waals surface area contributed by atoms with Gasteiger partial charge in [0.05, 0.1) is 80.2 Å². The fourth-order valence-corrected chi connectivity index (χ4v) is 6.83. The third-order valence-electron chi connectivity index (χ3n) is 8.98. The predicted molar refractivity (Wildman–Crippen MR) is 196 cm³/mol. The number of nitrogens with zero attached hydrogens (tertiary/aromatic N) is 10. The molecule has 10 nitrogen and oxygen atoms in total. The second-order valence-electron chi connectivity index (χ2n) is 11.9. The minimum Gasteiger partial charge on any atom is -0.256 e. The lowest BCUT2D eigenvalue weighted by atomic mass is 9.86. The summed E-state index contributed by atoms with van der Waals surface area (Å²) in [7, 11) is 0. The van der Waals surface area contributed by atoms with Crippen LogP contribution in [0.2, 0.25) is 0 Å². The van der Waals surface area contributed by atoms with Crippen molar-refractivity contribution in [2.24, 2.45) is 0 Å². The molecule has 0 N–H and O–H groups in total. The molecule has 5 aromatic rings. The minimum atomic E-state index is 0.0542. The van der Waals surface area contributed by atoms with E-state index in [1.54, 1.807) is 60.9 Å². The van der Waals surface area contributed by atoms with Gasteiger partial charge in [-0.3, -0.25) is 9.97 Å². The smallest absolute Gasteiger partial charge is 0.101 e. The van der Waals surface area contributed by atoms with Gasteiger partial charge in [0, 0.05) is 45.8 Å². The number of nitriles is 8. The number of hydrogen-bond acceptors (Lipinski definition) is 10. The standard InChI is InChI=1S/C44H16N10/c45-17-25-9-26(18-46)12-29(11-25)35(21-49)41-33-16-34-32(15-31(33)37(23-51)43(41)39-5-1-3-7-53-39)38(24-52)44(40-6-2-4-8-54-40)42(34)36(22-50)30-13-27(19-47)10-28(14-30)20-48/h1-16H/b41-35-,42-36-. The Bertz CT molecular complexity index is 2730. The number of benzene rings is 3. The average Bonchev–Trinajstić information content (AvgIpc) is 3.72. The SMILES string of the molecule is N#CC1=C(c2ccccn2)/C(=C(/C#N)c2cc(C#N)cc(C#N)c2)c2cc3c(cc21)C(C#N)=C(c1ccccn1)/C3=C(/C#N)c1cc(C#N)cc(C#N)c1. The largest absolute Gasteiger partial charge is 0.256 e. The van der Waals surface area contributed by atoms with Crippen LogP contribution in [0.4, 0.5) is 0 Å². The molecule has 0 radical (unpaired) electrons. The predicted octanol–water partition coefficient (Wildman–Crippen LogP) is 7.73. The fourth-order valence-electron chi connectivity index (χ4n) is 6.83. The minimum absolute atomic E-state index is 0.0542. The van der Waals surface area contributed by atoms with Crippen LogP contribution in [0.25, 0.3) is 44.6 Å². The summed E-state index contributed by atoms with van der Waals surface area (Å²) in [6, 6.07) is 39.7. The maximum Gasteiger partial charge on any atom is 0.101 e. The molecule has 7 rings (SSSR count). The second kappa shape index (κ2) is 13.6. The first-order valence-electron chi connectivity index (χ1n) is 15.9. The highest BCUT2D eigenvalue weighted by atomic mass is 14.7. The number of pyridine rings is 2.